The standard InChI is InChI=1S/C18H25NO4/c1-13-6-5-9-19(12-13)17(20)8-7-14-10-15(21-2)18(23-4)16(11-14)22-3/h7-8,10-11,13H,5-6,9,12H2,1-4H3/b8-7+. The highest BCUT2D eigenvalue weighted by Crippen LogP contribution is 2.38. The van der Waals surface area contributed by atoms with Crippen LogP contribution in [0.15, 0.2) is 18.2 Å². The van der Waals surface area contributed by atoms with Crippen LogP contribution in [-0.2, 0) is 4.79 Å². The van der Waals surface area contributed by atoms with Crippen LogP contribution in [0.5, 0.6) is 17.2 Å². The second-order valence-corrected chi connectivity index (χ2v) is 5.82. The Bertz CT molecular complexity index is 557. The summed E-state index contributed by atoms with van der Waals surface area (Å²) >= 11 is 0. The summed E-state index contributed by atoms with van der Waals surface area (Å²) < 4.78 is 15.9. The molecule has 0 radical (unpaired) electrons. The number of rotatable bonds is 5. The molecule has 0 aliphatic carbocycles. The molecule has 5 nitrogen and oxygen atoms in total. The minimum absolute atomic E-state index is 0.0466. The molecule has 1 aliphatic rings. The summed E-state index contributed by atoms with van der Waals surface area (Å²) in [4.78, 5) is 14.2. The first kappa shape index (κ1) is 17.2. The van der Waals surface area contributed by atoms with Gasteiger partial charge in [0.25, 0.3) is 0 Å². The van der Waals surface area contributed by atoms with Gasteiger partial charge in [0, 0.05) is 19.2 Å². The van der Waals surface area contributed by atoms with E-state index in [0.29, 0.717) is 23.2 Å². The topological polar surface area (TPSA) is 48.0 Å². The van der Waals surface area contributed by atoms with Gasteiger partial charge in [0.15, 0.2) is 11.5 Å². The molecule has 1 atom stereocenters. The van der Waals surface area contributed by atoms with E-state index in [9.17, 15) is 4.79 Å². The van der Waals surface area contributed by atoms with Crippen LogP contribution in [-0.4, -0.2) is 45.2 Å². The van der Waals surface area contributed by atoms with Crippen LogP contribution < -0.4 is 14.2 Å². The SMILES string of the molecule is COc1cc(/C=C/C(=O)N2CCCC(C)C2)cc(OC)c1OC. The van der Waals surface area contributed by atoms with E-state index in [0.717, 1.165) is 25.1 Å². The number of benzene rings is 1. The normalized spacial score (nSPS) is 18.1. The van der Waals surface area contributed by atoms with Crippen molar-refractivity contribution in [3.05, 3.63) is 23.8 Å². The second-order valence-electron chi connectivity index (χ2n) is 5.82. The predicted molar refractivity (Wildman–Crippen MR) is 90.1 cm³/mol. The molecule has 1 saturated heterocycles. The van der Waals surface area contributed by atoms with Gasteiger partial charge in [-0.25, -0.2) is 0 Å². The summed E-state index contributed by atoms with van der Waals surface area (Å²) in [5.74, 6) is 2.31. The molecule has 1 unspecified atom stereocenters. The zero-order chi connectivity index (χ0) is 16.8. The van der Waals surface area contributed by atoms with Gasteiger partial charge in [-0.3, -0.25) is 4.79 Å². The van der Waals surface area contributed by atoms with E-state index in [-0.39, 0.29) is 5.91 Å². The van der Waals surface area contributed by atoms with Crippen LogP contribution in [0.25, 0.3) is 6.08 Å². The number of ether oxygens (including phenoxy) is 3. The molecule has 5 heteroatoms. The fourth-order valence-corrected chi connectivity index (χ4v) is 2.86. The van der Waals surface area contributed by atoms with Gasteiger partial charge in [0.05, 0.1) is 21.3 Å². The Labute approximate surface area is 137 Å². The number of carbonyl (C=O) groups is 1. The Morgan fingerprint density at radius 2 is 1.83 bits per heavy atom. The Morgan fingerprint density at radius 1 is 1.17 bits per heavy atom. The maximum atomic E-state index is 12.3. The molecule has 23 heavy (non-hydrogen) atoms. The van der Waals surface area contributed by atoms with Crippen LogP contribution in [0.4, 0.5) is 0 Å². The number of piperidine rings is 1. The van der Waals surface area contributed by atoms with Crippen molar-refractivity contribution < 1.29 is 19.0 Å². The highest BCUT2D eigenvalue weighted by atomic mass is 16.5. The van der Waals surface area contributed by atoms with Gasteiger partial charge in [-0.15, -0.1) is 0 Å². The Morgan fingerprint density at radius 3 is 2.35 bits per heavy atom. The first-order valence-corrected chi connectivity index (χ1v) is 7.86. The molecule has 2 rings (SSSR count). The van der Waals surface area contributed by atoms with Gasteiger partial charge < -0.3 is 19.1 Å². The lowest BCUT2D eigenvalue weighted by Crippen LogP contribution is -2.38. The monoisotopic (exact) mass is 319 g/mol. The zero-order valence-corrected chi connectivity index (χ0v) is 14.3. The van der Waals surface area contributed by atoms with Crippen LogP contribution in [0.2, 0.25) is 0 Å². The third-order valence-corrected chi connectivity index (χ3v) is 4.07. The smallest absolute Gasteiger partial charge is 0.246 e. The number of methoxy groups -OCH3 is 3. The van der Waals surface area contributed by atoms with E-state index in [2.05, 4.69) is 6.92 Å². The predicted octanol–water partition coefficient (Wildman–Crippen LogP) is 2.98. The summed E-state index contributed by atoms with van der Waals surface area (Å²) in [6, 6.07) is 3.65. The van der Waals surface area contributed by atoms with E-state index in [4.69, 9.17) is 14.2 Å². The van der Waals surface area contributed by atoms with E-state index in [1.54, 1.807) is 33.5 Å². The molecule has 0 aromatic heterocycles. The fraction of sp³-hybridized carbons (Fsp3) is 0.500. The van der Waals surface area contributed by atoms with E-state index in [1.807, 2.05) is 17.0 Å². The Kier molecular flexibility index (Phi) is 5.90. The van der Waals surface area contributed by atoms with Crippen molar-refractivity contribution in [2.75, 3.05) is 34.4 Å². The fourth-order valence-electron chi connectivity index (χ4n) is 2.86. The highest BCUT2D eigenvalue weighted by Gasteiger charge is 2.19. The summed E-state index contributed by atoms with van der Waals surface area (Å²) in [6.45, 7) is 3.85. The van der Waals surface area contributed by atoms with Gasteiger partial charge >= 0.3 is 0 Å². The largest absolute Gasteiger partial charge is 0.493 e. The minimum Gasteiger partial charge on any atom is -0.493 e. The summed E-state index contributed by atoms with van der Waals surface area (Å²) in [7, 11) is 4.72. The molecule has 1 amide bonds. The number of hydrogen-bond donors (Lipinski definition) is 0. The number of hydrogen-bond acceptors (Lipinski definition) is 4. The number of nitrogens with zero attached hydrogens (tertiary/aromatic N) is 1. The van der Waals surface area contributed by atoms with Crippen molar-refractivity contribution in [2.45, 2.75) is 19.8 Å². The van der Waals surface area contributed by atoms with Crippen LogP contribution in [0.1, 0.15) is 25.3 Å². The van der Waals surface area contributed by atoms with Crippen molar-refractivity contribution >= 4 is 12.0 Å². The van der Waals surface area contributed by atoms with Crippen LogP contribution in [0.3, 0.4) is 0 Å². The minimum atomic E-state index is 0.0466. The molecule has 1 heterocycles. The van der Waals surface area contributed by atoms with Gasteiger partial charge in [-0.05, 0) is 42.5 Å². The molecular formula is C18H25NO4. The van der Waals surface area contributed by atoms with E-state index < -0.39 is 0 Å². The average Bonchev–Trinajstić information content (AvgIpc) is 2.58. The molecule has 1 aliphatic heterocycles. The lowest BCUT2D eigenvalue weighted by molar-refractivity contribution is -0.127. The van der Waals surface area contributed by atoms with Crippen molar-refractivity contribution in [3.63, 3.8) is 0 Å². The highest BCUT2D eigenvalue weighted by molar-refractivity contribution is 5.92. The Balaban J connectivity index is 2.17. The van der Waals surface area contributed by atoms with Crippen molar-refractivity contribution in [2.24, 2.45) is 5.92 Å². The first-order valence-electron chi connectivity index (χ1n) is 7.86. The molecule has 1 fully saturated rings. The quantitative estimate of drug-likeness (QED) is 0.783. The van der Waals surface area contributed by atoms with Gasteiger partial charge in [0.2, 0.25) is 11.7 Å². The molecule has 126 valence electrons. The maximum absolute atomic E-state index is 12.3. The van der Waals surface area contributed by atoms with Crippen molar-refractivity contribution in [3.8, 4) is 17.2 Å². The van der Waals surface area contributed by atoms with Gasteiger partial charge in [-0.2, -0.15) is 0 Å². The molecule has 0 saturated carbocycles. The van der Waals surface area contributed by atoms with Gasteiger partial charge in [0.1, 0.15) is 0 Å². The van der Waals surface area contributed by atoms with Gasteiger partial charge in [-0.1, -0.05) is 6.92 Å². The van der Waals surface area contributed by atoms with Crippen molar-refractivity contribution in [1.29, 1.82) is 0 Å². The Hall–Kier alpha value is -2.17. The average molecular weight is 319 g/mol. The van der Waals surface area contributed by atoms with Crippen LogP contribution in [0, 0.1) is 5.92 Å². The molecule has 0 N–H and O–H groups in total. The zero-order valence-electron chi connectivity index (χ0n) is 14.3. The number of carbonyl (C=O) groups excluding carboxylic acids is 1. The summed E-state index contributed by atoms with van der Waals surface area (Å²) in [6.07, 6.45) is 5.66. The molecular weight excluding hydrogens is 294 g/mol. The van der Waals surface area contributed by atoms with E-state index >= 15 is 0 Å². The van der Waals surface area contributed by atoms with Crippen molar-refractivity contribution in [1.82, 2.24) is 4.90 Å². The first-order chi connectivity index (χ1) is 11.1. The lowest BCUT2D eigenvalue weighted by Gasteiger charge is -2.30. The lowest BCUT2D eigenvalue weighted by atomic mass is 10.0. The maximum Gasteiger partial charge on any atom is 0.246 e. The molecule has 1 aromatic carbocycles. The summed E-state index contributed by atoms with van der Waals surface area (Å²) in [5, 5.41) is 0. The number of likely N-dealkylation sites (tertiary alicyclic amines) is 1. The second kappa shape index (κ2) is 7.90. The van der Waals surface area contributed by atoms with E-state index in [1.165, 1.54) is 6.42 Å². The third kappa shape index (κ3) is 4.18. The van der Waals surface area contributed by atoms with Crippen LogP contribution >= 0.6 is 0 Å². The third-order valence-electron chi connectivity index (χ3n) is 4.07. The summed E-state index contributed by atoms with van der Waals surface area (Å²) in [5.41, 5.74) is 0.831. The molecule has 0 bridgehead atoms. The molecule has 1 aromatic rings. The number of amides is 1. The molecule has 0 spiro atoms.